The fourth-order valence-corrected chi connectivity index (χ4v) is 2.26. The number of nitrogens with zero attached hydrogens (tertiary/aromatic N) is 3. The molecule has 2 rings (SSSR count). The summed E-state index contributed by atoms with van der Waals surface area (Å²) in [6, 6.07) is 0.264. The Balaban J connectivity index is 1.84. The Labute approximate surface area is 120 Å². The second kappa shape index (κ2) is 6.85. The molecule has 1 aromatic heterocycles. The Kier molecular flexibility index (Phi) is 5.14. The lowest BCUT2D eigenvalue weighted by Crippen LogP contribution is -2.35. The monoisotopic (exact) mass is 280 g/mol. The van der Waals surface area contributed by atoms with E-state index in [2.05, 4.69) is 22.4 Å². The van der Waals surface area contributed by atoms with Crippen molar-refractivity contribution in [1.29, 1.82) is 0 Å². The number of aromatic nitrogens is 2. The van der Waals surface area contributed by atoms with Gasteiger partial charge in [-0.2, -0.15) is 5.10 Å². The highest BCUT2D eigenvalue weighted by molar-refractivity contribution is 5.93. The Bertz CT molecular complexity index is 444. The molecule has 6 nitrogen and oxygen atoms in total. The Hall–Kier alpha value is -1.40. The molecule has 1 saturated heterocycles. The highest BCUT2D eigenvalue weighted by Gasteiger charge is 2.17. The van der Waals surface area contributed by atoms with Crippen molar-refractivity contribution in [3.63, 3.8) is 0 Å². The van der Waals surface area contributed by atoms with Crippen LogP contribution in [0.3, 0.4) is 0 Å². The van der Waals surface area contributed by atoms with Crippen LogP contribution in [-0.4, -0.2) is 60.5 Å². The Morgan fingerprint density at radius 3 is 3.10 bits per heavy atom. The van der Waals surface area contributed by atoms with Gasteiger partial charge in [0.1, 0.15) is 0 Å². The van der Waals surface area contributed by atoms with Crippen LogP contribution < -0.4 is 5.32 Å². The molecule has 0 aromatic carbocycles. The molecule has 0 saturated carbocycles. The number of amides is 1. The predicted octanol–water partition coefficient (Wildman–Crippen LogP) is 0.772. The summed E-state index contributed by atoms with van der Waals surface area (Å²) >= 11 is 0. The fourth-order valence-electron chi connectivity index (χ4n) is 2.26. The lowest BCUT2D eigenvalue weighted by atomic mass is 10.1. The number of ether oxygens (including phenoxy) is 1. The number of likely N-dealkylation sites (N-methyl/N-ethyl adjacent to an activating group) is 1. The molecule has 0 bridgehead atoms. The van der Waals surface area contributed by atoms with E-state index in [4.69, 9.17) is 4.74 Å². The third kappa shape index (κ3) is 4.05. The summed E-state index contributed by atoms with van der Waals surface area (Å²) in [5.74, 6) is 0.274. The van der Waals surface area contributed by atoms with E-state index in [1.54, 1.807) is 17.1 Å². The van der Waals surface area contributed by atoms with Crippen molar-refractivity contribution in [1.82, 2.24) is 20.0 Å². The molecule has 0 spiro atoms. The number of carbonyl (C=O) groups excluding carboxylic acids is 1. The summed E-state index contributed by atoms with van der Waals surface area (Å²) in [4.78, 5) is 14.3. The number of rotatable bonds is 4. The van der Waals surface area contributed by atoms with Crippen molar-refractivity contribution in [3.05, 3.63) is 18.0 Å². The van der Waals surface area contributed by atoms with Gasteiger partial charge in [0.05, 0.1) is 25.0 Å². The lowest BCUT2D eigenvalue weighted by molar-refractivity contribution is 0.0921. The molecule has 1 fully saturated rings. The van der Waals surface area contributed by atoms with E-state index in [0.717, 1.165) is 19.7 Å². The van der Waals surface area contributed by atoms with Crippen LogP contribution in [-0.2, 0) is 4.74 Å². The molecule has 1 atom stereocenters. The van der Waals surface area contributed by atoms with Crippen LogP contribution >= 0.6 is 0 Å². The standard InChI is InChI=1S/C14H24N4O2/c1-11(2)18-9-13(7-16-18)14(19)15-6-12-8-17(3)4-5-20-10-12/h7,9,11-12H,4-6,8,10H2,1-3H3,(H,15,19)/t12-/m1/s1. The predicted molar refractivity (Wildman–Crippen MR) is 76.8 cm³/mol. The van der Waals surface area contributed by atoms with E-state index >= 15 is 0 Å². The largest absolute Gasteiger partial charge is 0.380 e. The minimum atomic E-state index is -0.0659. The zero-order valence-electron chi connectivity index (χ0n) is 12.5. The summed E-state index contributed by atoms with van der Waals surface area (Å²) in [7, 11) is 2.08. The van der Waals surface area contributed by atoms with Gasteiger partial charge in [-0.05, 0) is 20.9 Å². The van der Waals surface area contributed by atoms with Gasteiger partial charge >= 0.3 is 0 Å². The fraction of sp³-hybridized carbons (Fsp3) is 0.714. The van der Waals surface area contributed by atoms with Crippen LogP contribution in [0.5, 0.6) is 0 Å². The molecule has 0 aliphatic carbocycles. The first kappa shape index (κ1) is 15.0. The Morgan fingerprint density at radius 1 is 1.60 bits per heavy atom. The molecule has 1 amide bonds. The number of hydrogen-bond donors (Lipinski definition) is 1. The van der Waals surface area contributed by atoms with Gasteiger partial charge in [-0.15, -0.1) is 0 Å². The normalized spacial score (nSPS) is 20.9. The summed E-state index contributed by atoms with van der Waals surface area (Å²) in [5.41, 5.74) is 0.613. The first-order valence-corrected chi connectivity index (χ1v) is 7.15. The second-order valence-electron chi connectivity index (χ2n) is 5.72. The van der Waals surface area contributed by atoms with E-state index in [9.17, 15) is 4.79 Å². The van der Waals surface area contributed by atoms with E-state index in [1.807, 2.05) is 13.8 Å². The van der Waals surface area contributed by atoms with Crippen LogP contribution in [0.15, 0.2) is 12.4 Å². The quantitative estimate of drug-likeness (QED) is 0.885. The highest BCUT2D eigenvalue weighted by atomic mass is 16.5. The summed E-state index contributed by atoms with van der Waals surface area (Å²) in [6.45, 7) is 8.08. The zero-order chi connectivity index (χ0) is 14.5. The zero-order valence-corrected chi connectivity index (χ0v) is 12.5. The maximum atomic E-state index is 12.1. The SMILES string of the molecule is CC(C)n1cc(C(=O)NC[C@H]2COCCN(C)C2)cn1. The second-order valence-corrected chi connectivity index (χ2v) is 5.72. The van der Waals surface area contributed by atoms with E-state index in [1.165, 1.54) is 0 Å². The minimum Gasteiger partial charge on any atom is -0.380 e. The van der Waals surface area contributed by atoms with Crippen LogP contribution in [0.1, 0.15) is 30.2 Å². The Morgan fingerprint density at radius 2 is 2.40 bits per heavy atom. The van der Waals surface area contributed by atoms with E-state index in [0.29, 0.717) is 24.6 Å². The lowest BCUT2D eigenvalue weighted by Gasteiger charge is -2.18. The van der Waals surface area contributed by atoms with Gasteiger partial charge < -0.3 is 15.0 Å². The van der Waals surface area contributed by atoms with Crippen molar-refractivity contribution in [3.8, 4) is 0 Å². The number of nitrogens with one attached hydrogen (secondary N) is 1. The van der Waals surface area contributed by atoms with Gasteiger partial charge in [-0.25, -0.2) is 0 Å². The third-order valence-corrected chi connectivity index (χ3v) is 3.48. The molecule has 112 valence electrons. The molecule has 20 heavy (non-hydrogen) atoms. The van der Waals surface area contributed by atoms with Gasteiger partial charge in [0, 0.05) is 37.8 Å². The molecule has 6 heteroatoms. The minimum absolute atomic E-state index is 0.0659. The van der Waals surface area contributed by atoms with Crippen molar-refractivity contribution in [2.75, 3.05) is 39.9 Å². The van der Waals surface area contributed by atoms with Crippen molar-refractivity contribution in [2.45, 2.75) is 19.9 Å². The molecule has 2 heterocycles. The molecular weight excluding hydrogens is 256 g/mol. The van der Waals surface area contributed by atoms with Gasteiger partial charge in [0.15, 0.2) is 0 Å². The average Bonchev–Trinajstić information content (AvgIpc) is 2.81. The average molecular weight is 280 g/mol. The summed E-state index contributed by atoms with van der Waals surface area (Å²) < 4.78 is 7.33. The van der Waals surface area contributed by atoms with Crippen molar-refractivity contribution in [2.24, 2.45) is 5.92 Å². The van der Waals surface area contributed by atoms with Crippen molar-refractivity contribution >= 4 is 5.91 Å². The maximum Gasteiger partial charge on any atom is 0.254 e. The maximum absolute atomic E-state index is 12.1. The number of carbonyl (C=O) groups is 1. The smallest absolute Gasteiger partial charge is 0.254 e. The van der Waals surface area contributed by atoms with Crippen LogP contribution in [0.25, 0.3) is 0 Å². The van der Waals surface area contributed by atoms with Crippen molar-refractivity contribution < 1.29 is 9.53 Å². The molecular formula is C14H24N4O2. The van der Waals surface area contributed by atoms with Crippen LogP contribution in [0, 0.1) is 5.92 Å². The molecule has 1 aromatic rings. The summed E-state index contributed by atoms with van der Waals surface area (Å²) in [6.07, 6.45) is 3.40. The highest BCUT2D eigenvalue weighted by Crippen LogP contribution is 2.07. The third-order valence-electron chi connectivity index (χ3n) is 3.48. The van der Waals surface area contributed by atoms with Gasteiger partial charge in [-0.3, -0.25) is 9.48 Å². The van der Waals surface area contributed by atoms with Crippen LogP contribution in [0.4, 0.5) is 0 Å². The van der Waals surface area contributed by atoms with Gasteiger partial charge in [0.25, 0.3) is 5.91 Å². The first-order valence-electron chi connectivity index (χ1n) is 7.15. The molecule has 0 radical (unpaired) electrons. The summed E-state index contributed by atoms with van der Waals surface area (Å²) in [5, 5.41) is 7.15. The van der Waals surface area contributed by atoms with Gasteiger partial charge in [-0.1, -0.05) is 0 Å². The molecule has 1 N–H and O–H groups in total. The van der Waals surface area contributed by atoms with Gasteiger partial charge in [0.2, 0.25) is 0 Å². The molecule has 1 aliphatic rings. The van der Waals surface area contributed by atoms with Crippen LogP contribution in [0.2, 0.25) is 0 Å². The number of hydrogen-bond acceptors (Lipinski definition) is 4. The topological polar surface area (TPSA) is 59.4 Å². The molecule has 1 aliphatic heterocycles. The van der Waals surface area contributed by atoms with E-state index in [-0.39, 0.29) is 11.9 Å². The molecule has 0 unspecified atom stereocenters. The van der Waals surface area contributed by atoms with E-state index < -0.39 is 0 Å². The first-order chi connectivity index (χ1) is 9.56.